The van der Waals surface area contributed by atoms with Crippen LogP contribution in [0.4, 0.5) is 5.13 Å². The number of hydrogen-bond acceptors (Lipinski definition) is 5. The maximum atomic E-state index is 13.6. The van der Waals surface area contributed by atoms with E-state index in [4.69, 9.17) is 9.40 Å². The van der Waals surface area contributed by atoms with Crippen molar-refractivity contribution in [3.05, 3.63) is 105 Å². The van der Waals surface area contributed by atoms with Gasteiger partial charge in [0.1, 0.15) is 5.58 Å². The molecule has 0 spiro atoms. The summed E-state index contributed by atoms with van der Waals surface area (Å²) in [5.74, 6) is -0.401. The number of thiazole rings is 1. The topological polar surface area (TPSA) is 63.4 Å². The fourth-order valence-electron chi connectivity index (χ4n) is 3.66. The van der Waals surface area contributed by atoms with Crippen molar-refractivity contribution in [2.45, 2.75) is 20.4 Å². The van der Waals surface area contributed by atoms with E-state index in [0.29, 0.717) is 22.6 Å². The van der Waals surface area contributed by atoms with Gasteiger partial charge in [-0.2, -0.15) is 0 Å². The fraction of sp³-hybridized carbons (Fsp3) is 0.115. The number of rotatable bonds is 4. The molecule has 0 radical (unpaired) electrons. The number of carbonyl (C=O) groups is 1. The first-order chi connectivity index (χ1) is 15.5. The summed E-state index contributed by atoms with van der Waals surface area (Å²) >= 11 is 1.45. The molecule has 0 N–H and O–H groups in total. The van der Waals surface area contributed by atoms with Gasteiger partial charge in [-0.3, -0.25) is 14.5 Å². The first-order valence-corrected chi connectivity index (χ1v) is 11.1. The standard InChI is InChI=1S/C26H20N2O3S/c1-16-12-13-23-24(17(16)2)27-26(32-23)28(15-18-8-4-3-5-9-18)25(30)22-14-20(29)19-10-6-7-11-21(19)31-22/h3-14H,15H2,1-2H3. The van der Waals surface area contributed by atoms with Crippen LogP contribution in [0.5, 0.6) is 0 Å². The number of anilines is 1. The Morgan fingerprint density at radius 2 is 1.75 bits per heavy atom. The molecule has 6 heteroatoms. The second-order valence-electron chi connectivity index (χ2n) is 7.70. The summed E-state index contributed by atoms with van der Waals surface area (Å²) in [6.07, 6.45) is 0. The SMILES string of the molecule is Cc1ccc2sc(N(Cc3ccccc3)C(=O)c3cc(=O)c4ccccc4o3)nc2c1C. The fourth-order valence-corrected chi connectivity index (χ4v) is 4.69. The Hall–Kier alpha value is -3.77. The van der Waals surface area contributed by atoms with E-state index >= 15 is 0 Å². The van der Waals surface area contributed by atoms with Gasteiger partial charge < -0.3 is 4.42 Å². The highest BCUT2D eigenvalue weighted by Gasteiger charge is 2.25. The van der Waals surface area contributed by atoms with Crippen LogP contribution in [0.15, 0.2) is 82.0 Å². The van der Waals surface area contributed by atoms with Gasteiger partial charge in [-0.25, -0.2) is 4.98 Å². The van der Waals surface area contributed by atoms with Crippen molar-refractivity contribution < 1.29 is 9.21 Å². The van der Waals surface area contributed by atoms with Crippen molar-refractivity contribution in [2.24, 2.45) is 0 Å². The molecule has 0 aliphatic carbocycles. The van der Waals surface area contributed by atoms with Gasteiger partial charge in [-0.1, -0.05) is 59.9 Å². The molecule has 1 amide bonds. The molecular formula is C26H20N2O3S. The highest BCUT2D eigenvalue weighted by Crippen LogP contribution is 2.33. The predicted octanol–water partition coefficient (Wildman–Crippen LogP) is 5.87. The molecule has 0 atom stereocenters. The first kappa shape index (κ1) is 20.2. The van der Waals surface area contributed by atoms with Crippen LogP contribution >= 0.6 is 11.3 Å². The van der Waals surface area contributed by atoms with E-state index in [0.717, 1.165) is 26.9 Å². The Kier molecular flexibility index (Phi) is 5.07. The molecule has 5 rings (SSSR count). The molecule has 0 aliphatic rings. The average Bonchev–Trinajstić information content (AvgIpc) is 3.25. The van der Waals surface area contributed by atoms with Crippen LogP contribution in [-0.4, -0.2) is 10.9 Å². The van der Waals surface area contributed by atoms with E-state index in [1.165, 1.54) is 17.4 Å². The Morgan fingerprint density at radius 1 is 1.00 bits per heavy atom. The van der Waals surface area contributed by atoms with Crippen molar-refractivity contribution >= 4 is 43.6 Å². The van der Waals surface area contributed by atoms with Gasteiger partial charge in [-0.05, 0) is 48.7 Å². The third-order valence-electron chi connectivity index (χ3n) is 5.58. The zero-order valence-corrected chi connectivity index (χ0v) is 18.5. The van der Waals surface area contributed by atoms with Crippen molar-refractivity contribution in [3.63, 3.8) is 0 Å². The van der Waals surface area contributed by atoms with E-state index in [2.05, 4.69) is 6.07 Å². The van der Waals surface area contributed by atoms with Crippen LogP contribution in [0.1, 0.15) is 27.2 Å². The molecule has 158 valence electrons. The van der Waals surface area contributed by atoms with Gasteiger partial charge in [0.2, 0.25) is 0 Å². The van der Waals surface area contributed by atoms with E-state index in [1.54, 1.807) is 29.2 Å². The number of para-hydroxylation sites is 1. The zero-order chi connectivity index (χ0) is 22.2. The molecule has 0 saturated carbocycles. The number of amides is 1. The first-order valence-electron chi connectivity index (χ1n) is 10.3. The average molecular weight is 441 g/mol. The lowest BCUT2D eigenvalue weighted by atomic mass is 10.1. The minimum atomic E-state index is -0.398. The van der Waals surface area contributed by atoms with E-state index in [1.807, 2.05) is 50.2 Å². The summed E-state index contributed by atoms with van der Waals surface area (Å²) in [6.45, 7) is 4.39. The number of carbonyl (C=O) groups excluding carboxylic acids is 1. The Balaban J connectivity index is 1.64. The maximum absolute atomic E-state index is 13.6. The molecule has 0 bridgehead atoms. The maximum Gasteiger partial charge on any atom is 0.296 e. The third-order valence-corrected chi connectivity index (χ3v) is 6.62. The molecule has 2 heterocycles. The Morgan fingerprint density at radius 3 is 2.56 bits per heavy atom. The van der Waals surface area contributed by atoms with Crippen LogP contribution in [0.25, 0.3) is 21.2 Å². The minimum Gasteiger partial charge on any atom is -0.451 e. The van der Waals surface area contributed by atoms with Crippen LogP contribution in [0, 0.1) is 13.8 Å². The second-order valence-corrected chi connectivity index (χ2v) is 8.71. The summed E-state index contributed by atoms with van der Waals surface area (Å²) in [4.78, 5) is 32.6. The van der Waals surface area contributed by atoms with E-state index < -0.39 is 5.91 Å². The number of hydrogen-bond donors (Lipinski definition) is 0. The normalized spacial score (nSPS) is 11.2. The number of fused-ring (bicyclic) bond motifs is 2. The molecular weight excluding hydrogens is 420 g/mol. The zero-order valence-electron chi connectivity index (χ0n) is 17.7. The van der Waals surface area contributed by atoms with Crippen LogP contribution in [0.2, 0.25) is 0 Å². The number of nitrogens with zero attached hydrogens (tertiary/aromatic N) is 2. The molecule has 3 aromatic carbocycles. The monoisotopic (exact) mass is 440 g/mol. The third kappa shape index (κ3) is 3.59. The van der Waals surface area contributed by atoms with Gasteiger partial charge in [-0.15, -0.1) is 0 Å². The summed E-state index contributed by atoms with van der Waals surface area (Å²) in [5, 5.41) is 1.02. The van der Waals surface area contributed by atoms with Crippen molar-refractivity contribution in [3.8, 4) is 0 Å². The largest absolute Gasteiger partial charge is 0.451 e. The highest BCUT2D eigenvalue weighted by molar-refractivity contribution is 7.22. The van der Waals surface area contributed by atoms with Crippen molar-refractivity contribution in [1.29, 1.82) is 0 Å². The van der Waals surface area contributed by atoms with Crippen LogP contribution in [0.3, 0.4) is 0 Å². The summed E-state index contributed by atoms with van der Waals surface area (Å²) in [5.41, 5.74) is 4.22. The molecule has 2 aromatic heterocycles. The summed E-state index contributed by atoms with van der Waals surface area (Å²) < 4.78 is 6.86. The van der Waals surface area contributed by atoms with Crippen molar-refractivity contribution in [1.82, 2.24) is 4.98 Å². The molecule has 5 aromatic rings. The van der Waals surface area contributed by atoms with Crippen LogP contribution in [-0.2, 0) is 6.54 Å². The lowest BCUT2D eigenvalue weighted by molar-refractivity contribution is 0.0959. The van der Waals surface area contributed by atoms with Crippen molar-refractivity contribution in [2.75, 3.05) is 4.90 Å². The number of aromatic nitrogens is 1. The molecule has 0 unspecified atom stereocenters. The second kappa shape index (κ2) is 8.05. The number of aryl methyl sites for hydroxylation is 2. The van der Waals surface area contributed by atoms with E-state index in [-0.39, 0.29) is 11.2 Å². The quantitative estimate of drug-likeness (QED) is 0.351. The molecule has 5 nitrogen and oxygen atoms in total. The smallest absolute Gasteiger partial charge is 0.296 e. The van der Waals surface area contributed by atoms with Gasteiger partial charge in [0.15, 0.2) is 16.3 Å². The lowest BCUT2D eigenvalue weighted by Gasteiger charge is -2.19. The summed E-state index contributed by atoms with van der Waals surface area (Å²) in [7, 11) is 0. The predicted molar refractivity (Wildman–Crippen MR) is 129 cm³/mol. The molecule has 0 fully saturated rings. The molecule has 0 aliphatic heterocycles. The van der Waals surface area contributed by atoms with Crippen LogP contribution < -0.4 is 10.3 Å². The Bertz CT molecular complexity index is 1520. The minimum absolute atomic E-state index is 0.00297. The summed E-state index contributed by atoms with van der Waals surface area (Å²) in [6, 6.07) is 22.0. The van der Waals surface area contributed by atoms with E-state index in [9.17, 15) is 9.59 Å². The lowest BCUT2D eigenvalue weighted by Crippen LogP contribution is -2.31. The highest BCUT2D eigenvalue weighted by atomic mass is 32.1. The molecule has 32 heavy (non-hydrogen) atoms. The number of benzene rings is 3. The Labute approximate surface area is 188 Å². The van der Waals surface area contributed by atoms with Gasteiger partial charge in [0.05, 0.1) is 22.1 Å². The molecule has 0 saturated heterocycles. The van der Waals surface area contributed by atoms with Gasteiger partial charge in [0.25, 0.3) is 5.91 Å². The van der Waals surface area contributed by atoms with Gasteiger partial charge >= 0.3 is 0 Å². The van der Waals surface area contributed by atoms with Gasteiger partial charge in [0, 0.05) is 6.07 Å².